The van der Waals surface area contributed by atoms with E-state index in [0.29, 0.717) is 24.2 Å². The molecule has 1 saturated heterocycles. The van der Waals surface area contributed by atoms with E-state index in [4.69, 9.17) is 4.74 Å². The summed E-state index contributed by atoms with van der Waals surface area (Å²) in [6, 6.07) is 13.0. The summed E-state index contributed by atoms with van der Waals surface area (Å²) in [6.45, 7) is 2.28. The molecule has 0 radical (unpaired) electrons. The van der Waals surface area contributed by atoms with Crippen molar-refractivity contribution in [3.8, 4) is 0 Å². The third-order valence-corrected chi connectivity index (χ3v) is 6.71. The third-order valence-electron chi connectivity index (χ3n) is 4.81. The molecule has 0 unspecified atom stereocenters. The normalized spacial score (nSPS) is 15.2. The van der Waals surface area contributed by atoms with Crippen molar-refractivity contribution in [2.24, 2.45) is 0 Å². The molecule has 1 aliphatic heterocycles. The van der Waals surface area contributed by atoms with E-state index in [2.05, 4.69) is 0 Å². The molecular formula is C21H23NO5S. The van der Waals surface area contributed by atoms with Crippen LogP contribution in [0.4, 0.5) is 0 Å². The monoisotopic (exact) mass is 401 g/mol. The fraction of sp³-hybridized carbons (Fsp3) is 0.333. The third kappa shape index (κ3) is 4.48. The van der Waals surface area contributed by atoms with E-state index in [1.165, 1.54) is 16.4 Å². The Morgan fingerprint density at radius 2 is 1.68 bits per heavy atom. The van der Waals surface area contributed by atoms with Gasteiger partial charge in [-0.3, -0.25) is 4.79 Å². The van der Waals surface area contributed by atoms with Gasteiger partial charge in [0.25, 0.3) is 0 Å². The maximum atomic E-state index is 12.8. The number of nitrogens with zero attached hydrogens (tertiary/aromatic N) is 1. The molecule has 3 rings (SSSR count). The molecule has 2 aromatic rings. The van der Waals surface area contributed by atoms with Crippen molar-refractivity contribution in [2.75, 3.05) is 19.7 Å². The largest absolute Gasteiger partial charge is 0.454 e. The summed E-state index contributed by atoms with van der Waals surface area (Å²) in [5.41, 5.74) is 1.20. The molecule has 0 saturated carbocycles. The molecule has 0 N–H and O–H groups in total. The zero-order valence-corrected chi connectivity index (χ0v) is 16.6. The van der Waals surface area contributed by atoms with Crippen LogP contribution in [0.2, 0.25) is 0 Å². The molecule has 0 atom stereocenters. The molecule has 0 spiro atoms. The maximum Gasteiger partial charge on any atom is 0.338 e. The highest BCUT2D eigenvalue weighted by atomic mass is 32.2. The number of hydrogen-bond acceptors (Lipinski definition) is 5. The van der Waals surface area contributed by atoms with Crippen molar-refractivity contribution >= 4 is 21.8 Å². The minimum atomic E-state index is -3.65. The van der Waals surface area contributed by atoms with Gasteiger partial charge in [-0.15, -0.1) is 0 Å². The van der Waals surface area contributed by atoms with Gasteiger partial charge in [0.05, 0.1) is 10.5 Å². The molecule has 0 aromatic heterocycles. The van der Waals surface area contributed by atoms with E-state index in [0.717, 1.165) is 19.3 Å². The number of esters is 1. The number of benzene rings is 2. The molecule has 2 aromatic carbocycles. The predicted octanol–water partition coefficient (Wildman–Crippen LogP) is 3.21. The highest BCUT2D eigenvalue weighted by molar-refractivity contribution is 7.89. The second-order valence-corrected chi connectivity index (χ2v) is 8.74. The molecule has 0 aliphatic carbocycles. The second-order valence-electron chi connectivity index (χ2n) is 6.81. The van der Waals surface area contributed by atoms with Crippen LogP contribution in [0.1, 0.15) is 45.5 Å². The second kappa shape index (κ2) is 8.67. The molecule has 0 amide bonds. The van der Waals surface area contributed by atoms with Crippen molar-refractivity contribution in [3.63, 3.8) is 0 Å². The van der Waals surface area contributed by atoms with Gasteiger partial charge in [0, 0.05) is 18.7 Å². The molecule has 1 aliphatic rings. The van der Waals surface area contributed by atoms with Gasteiger partial charge in [-0.25, -0.2) is 13.2 Å². The maximum absolute atomic E-state index is 12.8. The van der Waals surface area contributed by atoms with Crippen molar-refractivity contribution in [1.29, 1.82) is 0 Å². The summed E-state index contributed by atoms with van der Waals surface area (Å²) in [6.07, 6.45) is 2.69. The van der Waals surface area contributed by atoms with Crippen molar-refractivity contribution in [1.82, 2.24) is 4.31 Å². The summed E-state index contributed by atoms with van der Waals surface area (Å²) < 4.78 is 32.3. The lowest BCUT2D eigenvalue weighted by Crippen LogP contribution is -2.35. The summed E-state index contributed by atoms with van der Waals surface area (Å²) >= 11 is 0. The lowest BCUT2D eigenvalue weighted by atomic mass is 10.1. The molecule has 148 valence electrons. The zero-order chi connectivity index (χ0) is 20.1. The number of sulfonamides is 1. The Morgan fingerprint density at radius 1 is 1.00 bits per heavy atom. The van der Waals surface area contributed by atoms with Gasteiger partial charge in [-0.05, 0) is 37.5 Å². The van der Waals surface area contributed by atoms with Crippen LogP contribution in [0.5, 0.6) is 0 Å². The van der Waals surface area contributed by atoms with Crippen LogP contribution in [0.25, 0.3) is 0 Å². The van der Waals surface area contributed by atoms with E-state index in [9.17, 15) is 18.0 Å². The van der Waals surface area contributed by atoms with E-state index in [1.807, 2.05) is 0 Å². The molecular weight excluding hydrogens is 378 g/mol. The summed E-state index contributed by atoms with van der Waals surface area (Å²) in [5, 5.41) is 0. The Labute approximate surface area is 165 Å². The minimum Gasteiger partial charge on any atom is -0.454 e. The first kappa shape index (κ1) is 20.2. The number of carbonyl (C=O) groups excluding carboxylic acids is 2. The van der Waals surface area contributed by atoms with Crippen molar-refractivity contribution < 1.29 is 22.7 Å². The van der Waals surface area contributed by atoms with Gasteiger partial charge in [0.15, 0.2) is 12.4 Å². The van der Waals surface area contributed by atoms with Gasteiger partial charge in [0.2, 0.25) is 10.0 Å². The molecule has 1 heterocycles. The average molecular weight is 401 g/mol. The highest BCUT2D eigenvalue weighted by Gasteiger charge is 2.27. The fourth-order valence-electron chi connectivity index (χ4n) is 3.15. The SMILES string of the molecule is Cc1ccc(S(=O)(=O)N2CCCCC2)cc1C(=O)OCC(=O)c1ccccc1. The molecule has 28 heavy (non-hydrogen) atoms. The number of rotatable bonds is 6. The fourth-order valence-corrected chi connectivity index (χ4v) is 4.70. The number of piperidine rings is 1. The first-order valence-electron chi connectivity index (χ1n) is 9.26. The van der Waals surface area contributed by atoms with E-state index < -0.39 is 22.6 Å². The quantitative estimate of drug-likeness (QED) is 0.548. The number of ether oxygens (including phenoxy) is 1. The predicted molar refractivity (Wildman–Crippen MR) is 105 cm³/mol. The Balaban J connectivity index is 1.75. The lowest BCUT2D eigenvalue weighted by Gasteiger charge is -2.26. The van der Waals surface area contributed by atoms with Crippen LogP contribution in [0, 0.1) is 6.92 Å². The Morgan fingerprint density at radius 3 is 2.36 bits per heavy atom. The zero-order valence-electron chi connectivity index (χ0n) is 15.8. The first-order valence-corrected chi connectivity index (χ1v) is 10.7. The molecule has 1 fully saturated rings. The van der Waals surface area contributed by atoms with Crippen molar-refractivity contribution in [3.05, 3.63) is 65.2 Å². The van der Waals surface area contributed by atoms with Gasteiger partial charge < -0.3 is 4.74 Å². The van der Waals surface area contributed by atoms with Crippen molar-refractivity contribution in [2.45, 2.75) is 31.1 Å². The van der Waals surface area contributed by atoms with Gasteiger partial charge in [-0.2, -0.15) is 4.31 Å². The number of hydrogen-bond donors (Lipinski definition) is 0. The first-order chi connectivity index (χ1) is 13.4. The number of carbonyl (C=O) groups is 2. The van der Waals surface area contributed by atoms with Crippen LogP contribution in [0.15, 0.2) is 53.4 Å². The van der Waals surface area contributed by atoms with E-state index in [-0.39, 0.29) is 16.2 Å². The van der Waals surface area contributed by atoms with Crippen LogP contribution in [-0.2, 0) is 14.8 Å². The smallest absolute Gasteiger partial charge is 0.338 e. The van der Waals surface area contributed by atoms with Gasteiger partial charge >= 0.3 is 5.97 Å². The molecule has 6 nitrogen and oxygen atoms in total. The Hall–Kier alpha value is -2.51. The Kier molecular flexibility index (Phi) is 6.26. The van der Waals surface area contributed by atoms with Gasteiger partial charge in [0.1, 0.15) is 0 Å². The Bertz CT molecular complexity index is 964. The van der Waals surface area contributed by atoms with E-state index >= 15 is 0 Å². The summed E-state index contributed by atoms with van der Waals surface area (Å²) in [5.74, 6) is -1.03. The number of ketones is 1. The summed E-state index contributed by atoms with van der Waals surface area (Å²) in [7, 11) is -3.65. The number of aryl methyl sites for hydroxylation is 1. The summed E-state index contributed by atoms with van der Waals surface area (Å²) in [4.78, 5) is 24.7. The van der Waals surface area contributed by atoms with Crippen LogP contribution in [0.3, 0.4) is 0 Å². The lowest BCUT2D eigenvalue weighted by molar-refractivity contribution is 0.0473. The van der Waals surface area contributed by atoms with Crippen LogP contribution in [-0.4, -0.2) is 44.2 Å². The van der Waals surface area contributed by atoms with Crippen LogP contribution < -0.4 is 0 Å². The van der Waals surface area contributed by atoms with E-state index in [1.54, 1.807) is 43.3 Å². The highest BCUT2D eigenvalue weighted by Crippen LogP contribution is 2.23. The van der Waals surface area contributed by atoms with Gasteiger partial charge in [-0.1, -0.05) is 42.8 Å². The molecule has 7 heteroatoms. The molecule has 0 bridgehead atoms. The minimum absolute atomic E-state index is 0.0707. The van der Waals surface area contributed by atoms with Crippen LogP contribution >= 0.6 is 0 Å². The topological polar surface area (TPSA) is 80.8 Å². The number of Topliss-reactive ketones (excluding diaryl/α,β-unsaturated/α-hetero) is 1. The standard InChI is InChI=1S/C21H23NO5S/c1-16-10-11-18(28(25,26)22-12-6-3-7-13-22)14-19(16)21(24)27-15-20(23)17-8-4-2-5-9-17/h2,4-5,8-11,14H,3,6-7,12-13,15H2,1H3. The average Bonchev–Trinajstić information content (AvgIpc) is 2.73.